The van der Waals surface area contributed by atoms with Gasteiger partial charge in [-0.15, -0.1) is 0 Å². The third-order valence-corrected chi connectivity index (χ3v) is 5.00. The van der Waals surface area contributed by atoms with Crippen LogP contribution in [0, 0.1) is 0 Å². The van der Waals surface area contributed by atoms with Crippen molar-refractivity contribution >= 4 is 22.5 Å². The fourth-order valence-electron chi connectivity index (χ4n) is 3.35. The van der Waals surface area contributed by atoms with E-state index in [1.165, 1.54) is 5.56 Å². The number of quaternary nitrogens is 1. The number of rotatable bonds is 7. The predicted octanol–water partition coefficient (Wildman–Crippen LogP) is 3.33. The first-order chi connectivity index (χ1) is 12.6. The molecule has 2 aromatic carbocycles. The van der Waals surface area contributed by atoms with Crippen LogP contribution in [-0.2, 0) is 13.0 Å². The van der Waals surface area contributed by atoms with Crippen LogP contribution in [0.15, 0.2) is 53.3 Å². The van der Waals surface area contributed by atoms with Crippen LogP contribution in [0.4, 0.5) is 0 Å². The van der Waals surface area contributed by atoms with E-state index in [4.69, 9.17) is 16.6 Å². The minimum absolute atomic E-state index is 0.0130. The molecule has 3 rings (SSSR count). The van der Waals surface area contributed by atoms with E-state index in [-0.39, 0.29) is 11.6 Å². The maximum absolute atomic E-state index is 12.9. The van der Waals surface area contributed by atoms with Crippen molar-refractivity contribution in [2.24, 2.45) is 0 Å². The number of fused-ring (bicyclic) bond motifs is 1. The molecule has 0 saturated heterocycles. The zero-order valence-corrected chi connectivity index (χ0v) is 16.0. The van der Waals surface area contributed by atoms with Gasteiger partial charge in [0.1, 0.15) is 6.04 Å². The Morgan fingerprint density at radius 2 is 1.92 bits per heavy atom. The Labute approximate surface area is 158 Å². The van der Waals surface area contributed by atoms with Gasteiger partial charge in [0.15, 0.2) is 5.82 Å². The van der Waals surface area contributed by atoms with Crippen molar-refractivity contribution in [3.8, 4) is 0 Å². The lowest BCUT2D eigenvalue weighted by molar-refractivity contribution is -0.697. The highest BCUT2D eigenvalue weighted by molar-refractivity contribution is 6.31. The van der Waals surface area contributed by atoms with Crippen molar-refractivity contribution < 1.29 is 5.32 Å². The quantitative estimate of drug-likeness (QED) is 0.693. The Morgan fingerprint density at radius 1 is 1.15 bits per heavy atom. The van der Waals surface area contributed by atoms with Crippen LogP contribution in [0.25, 0.3) is 10.9 Å². The van der Waals surface area contributed by atoms with Gasteiger partial charge in [-0.05, 0) is 30.7 Å². The van der Waals surface area contributed by atoms with E-state index in [0.29, 0.717) is 22.5 Å². The second kappa shape index (κ2) is 8.47. The van der Waals surface area contributed by atoms with Gasteiger partial charge >= 0.3 is 0 Å². The first-order valence-electron chi connectivity index (χ1n) is 9.21. The fourth-order valence-corrected chi connectivity index (χ4v) is 3.52. The summed E-state index contributed by atoms with van der Waals surface area (Å²) < 4.78 is 1.80. The van der Waals surface area contributed by atoms with Gasteiger partial charge in [0.25, 0.3) is 5.56 Å². The lowest BCUT2D eigenvalue weighted by atomic mass is 10.1. The van der Waals surface area contributed by atoms with Crippen molar-refractivity contribution in [1.82, 2.24) is 9.55 Å². The molecule has 5 heteroatoms. The van der Waals surface area contributed by atoms with Crippen molar-refractivity contribution in [2.45, 2.75) is 39.3 Å². The summed E-state index contributed by atoms with van der Waals surface area (Å²) in [6.07, 6.45) is 1.90. The number of nitrogens with two attached hydrogens (primary N) is 1. The molecule has 0 bridgehead atoms. The van der Waals surface area contributed by atoms with E-state index in [2.05, 4.69) is 36.5 Å². The van der Waals surface area contributed by atoms with Crippen LogP contribution in [0.2, 0.25) is 5.02 Å². The number of nitrogens with zero attached hydrogens (tertiary/aromatic N) is 2. The minimum Gasteiger partial charge on any atom is -0.337 e. The number of halogens is 1. The summed E-state index contributed by atoms with van der Waals surface area (Å²) in [5.41, 5.74) is 2.01. The molecule has 3 aromatic rings. The number of benzene rings is 2. The summed E-state index contributed by atoms with van der Waals surface area (Å²) in [5.74, 6) is 0.836. The normalized spacial score (nSPS) is 12.4. The maximum Gasteiger partial charge on any atom is 0.261 e. The zero-order chi connectivity index (χ0) is 18.5. The van der Waals surface area contributed by atoms with Gasteiger partial charge in [0.2, 0.25) is 0 Å². The molecule has 1 aromatic heterocycles. The summed E-state index contributed by atoms with van der Waals surface area (Å²) in [4.78, 5) is 17.7. The molecule has 0 aliphatic carbocycles. The summed E-state index contributed by atoms with van der Waals surface area (Å²) in [7, 11) is 0. The number of hydrogen-bond acceptors (Lipinski definition) is 2. The van der Waals surface area contributed by atoms with Gasteiger partial charge in [-0.3, -0.25) is 9.36 Å². The molecule has 0 aliphatic heterocycles. The Kier molecular flexibility index (Phi) is 6.07. The highest BCUT2D eigenvalue weighted by atomic mass is 35.5. The Morgan fingerprint density at radius 3 is 2.62 bits per heavy atom. The standard InChI is InChI=1S/C21H24ClN3O/c1-3-18(23-13-12-15-8-6-5-7-9-15)20-24-19-14-16(22)10-11-17(19)21(26)25(20)4-2/h5-11,14,18,23H,3-4,12-13H2,1-2H3/p+1/t18-/m1/s1. The van der Waals surface area contributed by atoms with E-state index >= 15 is 0 Å². The molecule has 0 unspecified atom stereocenters. The molecule has 136 valence electrons. The van der Waals surface area contributed by atoms with Gasteiger partial charge < -0.3 is 5.32 Å². The largest absolute Gasteiger partial charge is 0.337 e. The average molecular weight is 371 g/mol. The summed E-state index contributed by atoms with van der Waals surface area (Å²) in [6, 6.07) is 15.9. The van der Waals surface area contributed by atoms with Gasteiger partial charge in [0, 0.05) is 24.4 Å². The first kappa shape index (κ1) is 18.6. The molecule has 4 nitrogen and oxygen atoms in total. The third kappa shape index (κ3) is 3.97. The SMILES string of the molecule is CC[C@@H]([NH2+]CCc1ccccc1)c1nc2cc(Cl)ccc2c(=O)n1CC. The van der Waals surface area contributed by atoms with E-state index in [1.54, 1.807) is 22.8 Å². The molecule has 0 spiro atoms. The predicted molar refractivity (Wildman–Crippen MR) is 107 cm³/mol. The minimum atomic E-state index is 0.0130. The highest BCUT2D eigenvalue weighted by Gasteiger charge is 2.20. The second-order valence-corrected chi connectivity index (χ2v) is 6.89. The average Bonchev–Trinajstić information content (AvgIpc) is 2.66. The zero-order valence-electron chi connectivity index (χ0n) is 15.3. The van der Waals surface area contributed by atoms with E-state index in [0.717, 1.165) is 25.2 Å². The van der Waals surface area contributed by atoms with E-state index < -0.39 is 0 Å². The Balaban J connectivity index is 1.89. The number of aromatic nitrogens is 2. The molecule has 0 fully saturated rings. The van der Waals surface area contributed by atoms with Crippen LogP contribution in [0.5, 0.6) is 0 Å². The Bertz CT molecular complexity index is 937. The van der Waals surface area contributed by atoms with Crippen molar-refractivity contribution in [3.63, 3.8) is 0 Å². The lowest BCUT2D eigenvalue weighted by Gasteiger charge is -2.18. The summed E-state index contributed by atoms with van der Waals surface area (Å²) in [5, 5.41) is 3.52. The topological polar surface area (TPSA) is 51.5 Å². The second-order valence-electron chi connectivity index (χ2n) is 6.46. The van der Waals surface area contributed by atoms with Crippen molar-refractivity contribution in [1.29, 1.82) is 0 Å². The van der Waals surface area contributed by atoms with E-state index in [9.17, 15) is 4.79 Å². The van der Waals surface area contributed by atoms with Gasteiger partial charge in [-0.1, -0.05) is 48.9 Å². The Hall–Kier alpha value is -2.17. The fraction of sp³-hybridized carbons (Fsp3) is 0.333. The summed E-state index contributed by atoms with van der Waals surface area (Å²) in [6.45, 7) is 5.70. The van der Waals surface area contributed by atoms with Crippen LogP contribution in [-0.4, -0.2) is 16.1 Å². The molecule has 0 radical (unpaired) electrons. The molecule has 2 N–H and O–H groups in total. The molecule has 1 atom stereocenters. The van der Waals surface area contributed by atoms with Crippen LogP contribution in [0.1, 0.15) is 37.7 Å². The van der Waals surface area contributed by atoms with Crippen LogP contribution < -0.4 is 10.9 Å². The van der Waals surface area contributed by atoms with E-state index in [1.807, 2.05) is 13.0 Å². The molecule has 0 saturated carbocycles. The molecule has 26 heavy (non-hydrogen) atoms. The maximum atomic E-state index is 12.9. The van der Waals surface area contributed by atoms with Gasteiger partial charge in [-0.25, -0.2) is 4.98 Å². The lowest BCUT2D eigenvalue weighted by Crippen LogP contribution is -2.86. The van der Waals surface area contributed by atoms with Crippen LogP contribution in [0.3, 0.4) is 0 Å². The highest BCUT2D eigenvalue weighted by Crippen LogP contribution is 2.18. The molecular weight excluding hydrogens is 346 g/mol. The van der Waals surface area contributed by atoms with Crippen molar-refractivity contribution in [3.05, 3.63) is 75.3 Å². The molecular formula is C21H25ClN3O+. The number of hydrogen-bond donors (Lipinski definition) is 1. The summed E-state index contributed by atoms with van der Waals surface area (Å²) >= 11 is 6.11. The van der Waals surface area contributed by atoms with Crippen LogP contribution >= 0.6 is 11.6 Å². The van der Waals surface area contributed by atoms with Gasteiger partial charge in [0.05, 0.1) is 17.4 Å². The monoisotopic (exact) mass is 370 g/mol. The third-order valence-electron chi connectivity index (χ3n) is 4.76. The molecule has 0 amide bonds. The van der Waals surface area contributed by atoms with Gasteiger partial charge in [-0.2, -0.15) is 0 Å². The first-order valence-corrected chi connectivity index (χ1v) is 9.59. The van der Waals surface area contributed by atoms with Crippen molar-refractivity contribution in [2.75, 3.05) is 6.54 Å². The molecule has 1 heterocycles. The molecule has 0 aliphatic rings. The smallest absolute Gasteiger partial charge is 0.261 e.